The Morgan fingerprint density at radius 2 is 1.70 bits per heavy atom. The molecule has 0 N–H and O–H groups in total. The van der Waals surface area contributed by atoms with Crippen molar-refractivity contribution in [3.8, 4) is 0 Å². The molecule has 4 heteroatoms. The first-order chi connectivity index (χ1) is 17.7. The van der Waals surface area contributed by atoms with Crippen molar-refractivity contribution in [2.24, 2.45) is 0 Å². The fourth-order valence-corrected chi connectivity index (χ4v) is 14.5. The van der Waals surface area contributed by atoms with E-state index in [1.54, 1.807) is 0 Å². The van der Waals surface area contributed by atoms with Gasteiger partial charge in [-0.05, 0) is 0 Å². The number of hydrogen-bond acceptors (Lipinski definition) is 0. The second-order valence-electron chi connectivity index (χ2n) is 10.4. The molecule has 0 saturated carbocycles. The van der Waals surface area contributed by atoms with E-state index < -0.39 is 24.5 Å². The molecule has 3 aliphatic rings. The standard InChI is InChI=1S/C33H33Si.2ClH.Hf/c1-6-25-15-21(2)16-26(19-25)27-17-23(4)30(20-27)33(28-11-8-7-9-12-28)31-18-22(3)24(5)29(31)13-10-14-32(33)34;;;/h7-17,19H,6,20,34H2,1-5H3;2*1H;/q;;;+2/p-2. The van der Waals surface area contributed by atoms with Crippen LogP contribution in [0.25, 0.3) is 5.57 Å². The number of allylic oxidation sites excluding steroid dienone is 12. The van der Waals surface area contributed by atoms with E-state index in [0.717, 1.165) is 12.8 Å². The Kier molecular flexibility index (Phi) is 7.68. The Hall–Kier alpha value is -1.58. The van der Waals surface area contributed by atoms with Gasteiger partial charge in [-0.3, -0.25) is 0 Å². The Morgan fingerprint density at radius 3 is 2.38 bits per heavy atom. The van der Waals surface area contributed by atoms with Crippen molar-refractivity contribution >= 4 is 37.8 Å². The molecule has 0 saturated heterocycles. The molecule has 2 aromatic carbocycles. The molecule has 5 rings (SSSR count). The van der Waals surface area contributed by atoms with E-state index in [-0.39, 0.29) is 0 Å². The molecular formula is C33H33Cl2HfSi. The van der Waals surface area contributed by atoms with E-state index in [0.29, 0.717) is 0 Å². The van der Waals surface area contributed by atoms with Crippen LogP contribution in [0.15, 0.2) is 110 Å². The number of fused-ring (bicyclic) bond motifs is 1. The van der Waals surface area contributed by atoms with E-state index in [4.69, 9.17) is 17.2 Å². The first kappa shape index (κ1) is 27.0. The predicted octanol–water partition coefficient (Wildman–Crippen LogP) is 8.43. The van der Waals surface area contributed by atoms with E-state index in [1.165, 1.54) is 69.8 Å². The average Bonchev–Trinajstić information content (AvgIpc) is 3.33. The van der Waals surface area contributed by atoms with Gasteiger partial charge in [-0.2, -0.15) is 0 Å². The fourth-order valence-electron chi connectivity index (χ4n) is 6.41. The van der Waals surface area contributed by atoms with Gasteiger partial charge in [0.2, 0.25) is 0 Å². The van der Waals surface area contributed by atoms with Gasteiger partial charge in [-0.1, -0.05) is 0 Å². The molecule has 0 spiro atoms. The molecule has 0 nitrogen and oxygen atoms in total. The van der Waals surface area contributed by atoms with Crippen LogP contribution >= 0.6 is 17.2 Å². The molecule has 0 bridgehead atoms. The molecule has 187 valence electrons. The van der Waals surface area contributed by atoms with Crippen molar-refractivity contribution in [2.45, 2.75) is 52.9 Å². The average molecular weight is 707 g/mol. The van der Waals surface area contributed by atoms with Crippen LogP contribution in [0.4, 0.5) is 0 Å². The maximum absolute atomic E-state index is 7.00. The summed E-state index contributed by atoms with van der Waals surface area (Å²) in [6.45, 7) is 11.2. The minimum atomic E-state index is -3.01. The van der Waals surface area contributed by atoms with Crippen LogP contribution in [0.1, 0.15) is 56.4 Å². The topological polar surface area (TPSA) is 0 Å². The first-order valence-corrected chi connectivity index (χ1v) is 24.4. The zero-order valence-corrected chi connectivity index (χ0v) is 28.8. The zero-order chi connectivity index (χ0) is 26.5. The van der Waals surface area contributed by atoms with Gasteiger partial charge >= 0.3 is 242 Å². The van der Waals surface area contributed by atoms with Crippen molar-refractivity contribution in [1.82, 2.24) is 0 Å². The fraction of sp³-hybridized carbons (Fsp3) is 0.242. The van der Waals surface area contributed by atoms with Gasteiger partial charge in [0.25, 0.3) is 0 Å². The van der Waals surface area contributed by atoms with E-state index in [9.17, 15) is 0 Å². The quantitative estimate of drug-likeness (QED) is 0.274. The SMILES string of the molecule is CCc1cc(C)cc(C2=CC(C)=C(C3(c4ccccc4)C(=[SiH2])C=CC=C4C(C)=C(C)[C]([Hf]([Cl])[Cl])=C43)C2)c1. The van der Waals surface area contributed by atoms with Crippen LogP contribution in [0.3, 0.4) is 0 Å². The second kappa shape index (κ2) is 10.5. The van der Waals surface area contributed by atoms with Gasteiger partial charge in [0, 0.05) is 0 Å². The van der Waals surface area contributed by atoms with Crippen LogP contribution in [-0.2, 0) is 30.9 Å². The molecular weight excluding hydrogens is 674 g/mol. The second-order valence-corrected chi connectivity index (χ2v) is 22.6. The molecule has 0 radical (unpaired) electrons. The minimum absolute atomic E-state index is 0.396. The monoisotopic (exact) mass is 707 g/mol. The third kappa shape index (κ3) is 4.42. The summed E-state index contributed by atoms with van der Waals surface area (Å²) in [6, 6.07) is 18.1. The van der Waals surface area contributed by atoms with Crippen molar-refractivity contribution < 1.29 is 19.1 Å². The summed E-state index contributed by atoms with van der Waals surface area (Å²) in [5, 5.41) is 1.35. The molecule has 0 heterocycles. The van der Waals surface area contributed by atoms with E-state index in [1.807, 2.05) is 9.85 Å². The van der Waals surface area contributed by atoms with Crippen molar-refractivity contribution in [3.05, 3.63) is 132 Å². The third-order valence-corrected chi connectivity index (χ3v) is 15.7. The van der Waals surface area contributed by atoms with Crippen LogP contribution in [0.2, 0.25) is 0 Å². The van der Waals surface area contributed by atoms with Gasteiger partial charge in [-0.25, -0.2) is 0 Å². The van der Waals surface area contributed by atoms with Crippen molar-refractivity contribution in [3.63, 3.8) is 0 Å². The van der Waals surface area contributed by atoms with Gasteiger partial charge < -0.3 is 0 Å². The van der Waals surface area contributed by atoms with E-state index in [2.05, 4.69) is 107 Å². The van der Waals surface area contributed by atoms with Gasteiger partial charge in [0.15, 0.2) is 0 Å². The molecule has 1 atom stereocenters. The van der Waals surface area contributed by atoms with Crippen molar-refractivity contribution in [1.29, 1.82) is 0 Å². The number of hydrogen-bond donors (Lipinski definition) is 0. The third-order valence-electron chi connectivity index (χ3n) is 8.28. The van der Waals surface area contributed by atoms with Crippen LogP contribution < -0.4 is 0 Å². The summed E-state index contributed by atoms with van der Waals surface area (Å²) in [6.07, 6.45) is 11.2. The van der Waals surface area contributed by atoms with Gasteiger partial charge in [-0.15, -0.1) is 0 Å². The number of benzene rings is 2. The Bertz CT molecular complexity index is 1500. The summed E-state index contributed by atoms with van der Waals surface area (Å²) < 4.78 is 1.27. The summed E-state index contributed by atoms with van der Waals surface area (Å²) in [5.74, 6) is 0. The molecule has 0 aromatic heterocycles. The number of rotatable bonds is 5. The van der Waals surface area contributed by atoms with E-state index >= 15 is 0 Å². The Balaban J connectivity index is 1.79. The maximum atomic E-state index is 7.00. The van der Waals surface area contributed by atoms with Crippen LogP contribution in [0, 0.1) is 6.92 Å². The molecule has 37 heavy (non-hydrogen) atoms. The molecule has 0 fully saturated rings. The predicted molar refractivity (Wildman–Crippen MR) is 162 cm³/mol. The Labute approximate surface area is 239 Å². The molecule has 0 amide bonds. The van der Waals surface area contributed by atoms with Gasteiger partial charge in [0.05, 0.1) is 0 Å². The van der Waals surface area contributed by atoms with Crippen LogP contribution in [-0.4, -0.2) is 15.0 Å². The molecule has 2 aromatic rings. The Morgan fingerprint density at radius 1 is 0.973 bits per heavy atom. The normalized spacial score (nSPS) is 21.4. The number of aryl methyl sites for hydroxylation is 2. The zero-order valence-electron chi connectivity index (χ0n) is 22.3. The molecule has 3 aliphatic carbocycles. The number of halogens is 2. The summed E-state index contributed by atoms with van der Waals surface area (Å²) in [7, 11) is 16.0. The molecule has 1 unspecified atom stereocenters. The first-order valence-electron chi connectivity index (χ1n) is 13.0. The summed E-state index contributed by atoms with van der Waals surface area (Å²) >= 11 is -3.01. The molecule has 0 aliphatic heterocycles. The summed E-state index contributed by atoms with van der Waals surface area (Å²) in [5.41, 5.74) is 14.4. The van der Waals surface area contributed by atoms with Crippen LogP contribution in [0.5, 0.6) is 0 Å². The summed E-state index contributed by atoms with van der Waals surface area (Å²) in [4.78, 5) is 0. The van der Waals surface area contributed by atoms with Crippen molar-refractivity contribution in [2.75, 3.05) is 0 Å². The van der Waals surface area contributed by atoms with Gasteiger partial charge in [0.1, 0.15) is 0 Å².